The Morgan fingerprint density at radius 2 is 1.34 bits per heavy atom. The molecule has 3 aromatic rings. The lowest BCUT2D eigenvalue weighted by molar-refractivity contribution is -0.275. The highest BCUT2D eigenvalue weighted by Crippen LogP contribution is 2.39. The average Bonchev–Trinajstić information content (AvgIpc) is 3.08. The van der Waals surface area contributed by atoms with Crippen LogP contribution >= 0.6 is 0 Å². The van der Waals surface area contributed by atoms with Crippen LogP contribution in [0.5, 0.6) is 11.5 Å². The van der Waals surface area contributed by atoms with Crippen LogP contribution in [0.2, 0.25) is 0 Å². The zero-order valence-corrected chi connectivity index (χ0v) is 16.6. The molecule has 1 heterocycles. The number of rotatable bonds is 7. The van der Waals surface area contributed by atoms with Crippen LogP contribution in [0.25, 0.3) is 0 Å². The summed E-state index contributed by atoms with van der Waals surface area (Å²) in [5.74, 6) is -0.507. The van der Waals surface area contributed by atoms with E-state index in [2.05, 4.69) is 14.6 Å². The monoisotopic (exact) mass is 460 g/mol. The Morgan fingerprint density at radius 1 is 0.844 bits per heavy atom. The lowest BCUT2D eigenvalue weighted by Crippen LogP contribution is -2.39. The lowest BCUT2D eigenvalue weighted by Gasteiger charge is -2.34. The molecule has 0 amide bonds. The molecule has 0 saturated heterocycles. The molecule has 0 atom stereocenters. The van der Waals surface area contributed by atoms with Crippen LogP contribution in [0, 0.1) is 6.92 Å². The standard InChI is InChI=1S/C21H18F6N2O3/c1-13-8-16(29-32-13)11-19(12-28,14-4-2-6-17(9-14)30-20(22,23)24)15-5-3-7-18(10-15)31-21(25,26)27/h2-10H,11-12,28H2,1H3. The van der Waals surface area contributed by atoms with Gasteiger partial charge < -0.3 is 19.7 Å². The maximum absolute atomic E-state index is 12.7. The molecule has 5 nitrogen and oxygen atoms in total. The first-order chi connectivity index (χ1) is 14.9. The van der Waals surface area contributed by atoms with Crippen LogP contribution in [0.1, 0.15) is 22.6 Å². The van der Waals surface area contributed by atoms with Crippen molar-refractivity contribution in [2.45, 2.75) is 31.5 Å². The van der Waals surface area contributed by atoms with E-state index in [0.717, 1.165) is 24.3 Å². The van der Waals surface area contributed by atoms with E-state index in [-0.39, 0.29) is 24.1 Å². The van der Waals surface area contributed by atoms with Crippen LogP contribution < -0.4 is 15.2 Å². The van der Waals surface area contributed by atoms with Gasteiger partial charge in [0.25, 0.3) is 0 Å². The van der Waals surface area contributed by atoms with E-state index in [1.54, 1.807) is 13.0 Å². The summed E-state index contributed by atoms with van der Waals surface area (Å²) in [7, 11) is 0. The van der Waals surface area contributed by atoms with Crippen molar-refractivity contribution in [1.29, 1.82) is 0 Å². The number of alkyl halides is 6. The smallest absolute Gasteiger partial charge is 0.406 e. The number of nitrogens with two attached hydrogens (primary N) is 1. The molecule has 2 aromatic carbocycles. The van der Waals surface area contributed by atoms with Gasteiger partial charge in [0, 0.05) is 24.4 Å². The number of hydrogen-bond acceptors (Lipinski definition) is 5. The topological polar surface area (TPSA) is 70.5 Å². The van der Waals surface area contributed by atoms with E-state index < -0.39 is 29.6 Å². The van der Waals surface area contributed by atoms with Crippen molar-refractivity contribution in [2.24, 2.45) is 5.73 Å². The van der Waals surface area contributed by atoms with Gasteiger partial charge in [-0.3, -0.25) is 0 Å². The second kappa shape index (κ2) is 8.73. The Balaban J connectivity index is 2.14. The van der Waals surface area contributed by atoms with Crippen LogP contribution in [0.3, 0.4) is 0 Å². The SMILES string of the molecule is Cc1cc(CC(CN)(c2cccc(OC(F)(F)F)c2)c2cccc(OC(F)(F)F)c2)no1. The molecule has 32 heavy (non-hydrogen) atoms. The van der Waals surface area contributed by atoms with Crippen molar-refractivity contribution in [1.82, 2.24) is 5.16 Å². The van der Waals surface area contributed by atoms with Gasteiger partial charge in [0.1, 0.15) is 17.3 Å². The van der Waals surface area contributed by atoms with E-state index in [1.165, 1.54) is 24.3 Å². The Hall–Kier alpha value is -3.21. The highest BCUT2D eigenvalue weighted by atomic mass is 19.4. The molecule has 172 valence electrons. The molecule has 1 aromatic heterocycles. The molecular formula is C21H18F6N2O3. The Labute approximate surface area is 178 Å². The highest BCUT2D eigenvalue weighted by Gasteiger charge is 2.38. The third-order valence-corrected chi connectivity index (χ3v) is 4.75. The Kier molecular flexibility index (Phi) is 6.40. The summed E-state index contributed by atoms with van der Waals surface area (Å²) in [4.78, 5) is 0. The molecule has 0 bridgehead atoms. The summed E-state index contributed by atoms with van der Waals surface area (Å²) >= 11 is 0. The first-order valence-electron chi connectivity index (χ1n) is 9.25. The molecule has 0 radical (unpaired) electrons. The van der Waals surface area contributed by atoms with Crippen LogP contribution in [0.15, 0.2) is 59.1 Å². The first kappa shape index (κ1) is 23.5. The van der Waals surface area contributed by atoms with Crippen molar-refractivity contribution in [3.05, 3.63) is 77.2 Å². The number of hydrogen-bond donors (Lipinski definition) is 1. The zero-order valence-electron chi connectivity index (χ0n) is 16.6. The summed E-state index contributed by atoms with van der Waals surface area (Å²) in [6.07, 6.45) is -9.81. The van der Waals surface area contributed by atoms with Gasteiger partial charge in [-0.05, 0) is 42.3 Å². The van der Waals surface area contributed by atoms with E-state index >= 15 is 0 Å². The van der Waals surface area contributed by atoms with Crippen molar-refractivity contribution in [2.75, 3.05) is 6.54 Å². The summed E-state index contributed by atoms with van der Waals surface area (Å²) in [5, 5.41) is 3.91. The second-order valence-corrected chi connectivity index (χ2v) is 7.04. The van der Waals surface area contributed by atoms with Gasteiger partial charge in [0.2, 0.25) is 0 Å². The fourth-order valence-corrected chi connectivity index (χ4v) is 3.47. The summed E-state index contributed by atoms with van der Waals surface area (Å²) in [6, 6.07) is 11.8. The predicted molar refractivity (Wildman–Crippen MR) is 101 cm³/mol. The molecule has 0 aliphatic rings. The predicted octanol–water partition coefficient (Wildman–Crippen LogP) is 5.27. The number of ether oxygens (including phenoxy) is 2. The third-order valence-electron chi connectivity index (χ3n) is 4.75. The van der Waals surface area contributed by atoms with E-state index in [4.69, 9.17) is 10.3 Å². The number of aryl methyl sites for hydroxylation is 1. The van der Waals surface area contributed by atoms with E-state index in [9.17, 15) is 26.3 Å². The average molecular weight is 460 g/mol. The molecule has 0 fully saturated rings. The quantitative estimate of drug-likeness (QED) is 0.487. The zero-order chi connectivity index (χ0) is 23.6. The van der Waals surface area contributed by atoms with Crippen molar-refractivity contribution >= 4 is 0 Å². The van der Waals surface area contributed by atoms with Crippen LogP contribution in [-0.2, 0) is 11.8 Å². The van der Waals surface area contributed by atoms with Crippen molar-refractivity contribution in [3.63, 3.8) is 0 Å². The molecule has 2 N–H and O–H groups in total. The number of nitrogens with zero attached hydrogens (tertiary/aromatic N) is 1. The minimum atomic E-state index is -4.92. The maximum atomic E-state index is 12.7. The fraction of sp³-hybridized carbons (Fsp3) is 0.286. The van der Waals surface area contributed by atoms with Gasteiger partial charge in [0.05, 0.1) is 5.69 Å². The van der Waals surface area contributed by atoms with E-state index in [0.29, 0.717) is 11.5 Å². The molecule has 11 heteroatoms. The summed E-state index contributed by atoms with van der Waals surface area (Å²) in [6.45, 7) is 1.47. The Bertz CT molecular complexity index is 1000. The van der Waals surface area contributed by atoms with Gasteiger partial charge in [0.15, 0.2) is 0 Å². The molecule has 3 rings (SSSR count). The molecule has 0 aliphatic carbocycles. The van der Waals surface area contributed by atoms with Crippen molar-refractivity contribution < 1.29 is 40.3 Å². The second-order valence-electron chi connectivity index (χ2n) is 7.04. The number of aromatic nitrogens is 1. The van der Waals surface area contributed by atoms with Gasteiger partial charge in [-0.15, -0.1) is 26.3 Å². The van der Waals surface area contributed by atoms with Gasteiger partial charge >= 0.3 is 12.7 Å². The minimum absolute atomic E-state index is 0.0335. The van der Waals surface area contributed by atoms with Crippen molar-refractivity contribution in [3.8, 4) is 11.5 Å². The summed E-state index contributed by atoms with van der Waals surface area (Å²) in [5.41, 5.74) is 5.81. The maximum Gasteiger partial charge on any atom is 0.573 e. The Morgan fingerprint density at radius 3 is 1.72 bits per heavy atom. The molecule has 0 aliphatic heterocycles. The number of benzene rings is 2. The van der Waals surface area contributed by atoms with E-state index in [1.807, 2.05) is 0 Å². The van der Waals surface area contributed by atoms with Crippen LogP contribution in [-0.4, -0.2) is 24.4 Å². The molecule has 0 spiro atoms. The normalized spacial score (nSPS) is 12.6. The molecular weight excluding hydrogens is 442 g/mol. The van der Waals surface area contributed by atoms with Gasteiger partial charge in [-0.1, -0.05) is 29.4 Å². The van der Waals surface area contributed by atoms with Gasteiger partial charge in [-0.25, -0.2) is 0 Å². The van der Waals surface area contributed by atoms with Gasteiger partial charge in [-0.2, -0.15) is 0 Å². The largest absolute Gasteiger partial charge is 0.573 e. The minimum Gasteiger partial charge on any atom is -0.406 e. The lowest BCUT2D eigenvalue weighted by atomic mass is 9.71. The fourth-order valence-electron chi connectivity index (χ4n) is 3.47. The summed E-state index contributed by atoms with van der Waals surface area (Å²) < 4.78 is 89.5. The first-order valence-corrected chi connectivity index (χ1v) is 9.25. The molecule has 0 saturated carbocycles. The molecule has 0 unspecified atom stereocenters. The number of halogens is 6. The van der Waals surface area contributed by atoms with Crippen LogP contribution in [0.4, 0.5) is 26.3 Å². The third kappa shape index (κ3) is 5.72. The highest BCUT2D eigenvalue weighted by molar-refractivity contribution is 5.46.